The van der Waals surface area contributed by atoms with Crippen LogP contribution in [0.1, 0.15) is 16.4 Å². The molecule has 0 aliphatic rings. The first-order chi connectivity index (χ1) is 11.7. The number of ether oxygens (including phenoxy) is 1. The third kappa shape index (κ3) is 3.33. The van der Waals surface area contributed by atoms with Crippen LogP contribution in [0.3, 0.4) is 0 Å². The molecule has 0 fully saturated rings. The molecule has 0 saturated carbocycles. The Hall–Kier alpha value is -3.00. The average molecular weight is 327 g/mol. The lowest BCUT2D eigenvalue weighted by molar-refractivity contribution is 0.0893. The molecule has 2 heterocycles. The summed E-state index contributed by atoms with van der Waals surface area (Å²) in [4.78, 5) is 16.0. The number of hydrogen-bond donors (Lipinski definition) is 1. The SMILES string of the molecule is COCCNC(=O)c1nc(-c2cn(-c3ccccc3)nc2C)no1. The summed E-state index contributed by atoms with van der Waals surface area (Å²) in [5.74, 6) is -0.196. The van der Waals surface area contributed by atoms with Gasteiger partial charge in [0.05, 0.1) is 23.6 Å². The second-order valence-corrected chi connectivity index (χ2v) is 5.08. The van der Waals surface area contributed by atoms with Crippen LogP contribution in [0.25, 0.3) is 17.1 Å². The Morgan fingerprint density at radius 2 is 2.12 bits per heavy atom. The fraction of sp³-hybridized carbons (Fsp3) is 0.250. The Kier molecular flexibility index (Phi) is 4.66. The highest BCUT2D eigenvalue weighted by Crippen LogP contribution is 2.21. The summed E-state index contributed by atoms with van der Waals surface area (Å²) >= 11 is 0. The highest BCUT2D eigenvalue weighted by atomic mass is 16.5. The van der Waals surface area contributed by atoms with Crippen molar-refractivity contribution in [2.45, 2.75) is 6.92 Å². The molecule has 0 atom stereocenters. The summed E-state index contributed by atoms with van der Waals surface area (Å²) in [5.41, 5.74) is 2.37. The van der Waals surface area contributed by atoms with Crippen LogP contribution in [0, 0.1) is 6.92 Å². The van der Waals surface area contributed by atoms with Gasteiger partial charge in [-0.05, 0) is 19.1 Å². The predicted octanol–water partition coefficient (Wildman–Crippen LogP) is 1.61. The number of aryl methyl sites for hydroxylation is 1. The average Bonchev–Trinajstić information content (AvgIpc) is 3.22. The minimum atomic E-state index is -0.432. The number of nitrogens with one attached hydrogen (secondary N) is 1. The second-order valence-electron chi connectivity index (χ2n) is 5.08. The molecule has 0 spiro atoms. The molecular weight excluding hydrogens is 310 g/mol. The molecule has 0 unspecified atom stereocenters. The second kappa shape index (κ2) is 7.05. The third-order valence-corrected chi connectivity index (χ3v) is 3.37. The number of para-hydroxylation sites is 1. The molecule has 24 heavy (non-hydrogen) atoms. The fourth-order valence-electron chi connectivity index (χ4n) is 2.16. The van der Waals surface area contributed by atoms with Crippen LogP contribution in [0.15, 0.2) is 41.1 Å². The van der Waals surface area contributed by atoms with E-state index in [4.69, 9.17) is 9.26 Å². The van der Waals surface area contributed by atoms with Crippen LogP contribution >= 0.6 is 0 Å². The number of benzene rings is 1. The smallest absolute Gasteiger partial charge is 0.316 e. The fourth-order valence-corrected chi connectivity index (χ4v) is 2.16. The van der Waals surface area contributed by atoms with Gasteiger partial charge in [-0.25, -0.2) is 4.68 Å². The van der Waals surface area contributed by atoms with E-state index in [9.17, 15) is 4.79 Å². The van der Waals surface area contributed by atoms with Gasteiger partial charge in [-0.15, -0.1) is 0 Å². The van der Waals surface area contributed by atoms with E-state index in [2.05, 4.69) is 20.6 Å². The highest BCUT2D eigenvalue weighted by molar-refractivity contribution is 5.89. The van der Waals surface area contributed by atoms with Gasteiger partial charge in [0, 0.05) is 19.9 Å². The number of carbonyl (C=O) groups is 1. The molecular formula is C16H17N5O3. The largest absolute Gasteiger partial charge is 0.383 e. The maximum Gasteiger partial charge on any atom is 0.316 e. The van der Waals surface area contributed by atoms with Crippen LogP contribution in [0.5, 0.6) is 0 Å². The zero-order valence-electron chi connectivity index (χ0n) is 13.4. The Balaban J connectivity index is 1.80. The van der Waals surface area contributed by atoms with Crippen LogP contribution in [-0.2, 0) is 4.74 Å². The molecule has 0 saturated heterocycles. The molecule has 1 aromatic carbocycles. The first kappa shape index (κ1) is 15.9. The Labute approximate surface area is 138 Å². The molecule has 1 amide bonds. The van der Waals surface area contributed by atoms with Crippen molar-refractivity contribution in [1.82, 2.24) is 25.2 Å². The van der Waals surface area contributed by atoms with Gasteiger partial charge in [0.15, 0.2) is 0 Å². The van der Waals surface area contributed by atoms with Crippen molar-refractivity contribution in [3.8, 4) is 17.1 Å². The number of carbonyl (C=O) groups excluding carboxylic acids is 1. The highest BCUT2D eigenvalue weighted by Gasteiger charge is 2.18. The van der Waals surface area contributed by atoms with Crippen molar-refractivity contribution in [3.05, 3.63) is 48.1 Å². The van der Waals surface area contributed by atoms with E-state index in [0.717, 1.165) is 11.4 Å². The Bertz CT molecular complexity index is 825. The summed E-state index contributed by atoms with van der Waals surface area (Å²) in [7, 11) is 1.56. The number of methoxy groups -OCH3 is 1. The molecule has 1 N–H and O–H groups in total. The quantitative estimate of drug-likeness (QED) is 0.691. The van der Waals surface area contributed by atoms with Gasteiger partial charge in [0.25, 0.3) is 0 Å². The first-order valence-electron chi connectivity index (χ1n) is 7.42. The van der Waals surface area contributed by atoms with E-state index in [-0.39, 0.29) is 5.89 Å². The summed E-state index contributed by atoms with van der Waals surface area (Å²) in [5, 5.41) is 11.0. The molecule has 3 aromatic rings. The van der Waals surface area contributed by atoms with E-state index < -0.39 is 5.91 Å². The molecule has 0 radical (unpaired) electrons. The van der Waals surface area contributed by atoms with Gasteiger partial charge in [0.1, 0.15) is 0 Å². The zero-order chi connectivity index (χ0) is 16.9. The minimum Gasteiger partial charge on any atom is -0.383 e. The summed E-state index contributed by atoms with van der Waals surface area (Å²) in [6, 6.07) is 9.70. The van der Waals surface area contributed by atoms with Crippen molar-refractivity contribution in [1.29, 1.82) is 0 Å². The molecule has 124 valence electrons. The van der Waals surface area contributed by atoms with Crippen LogP contribution < -0.4 is 5.32 Å². The molecule has 8 heteroatoms. The van der Waals surface area contributed by atoms with Gasteiger partial charge >= 0.3 is 11.8 Å². The molecule has 0 aliphatic heterocycles. The number of hydrogen-bond acceptors (Lipinski definition) is 6. The van der Waals surface area contributed by atoms with Crippen molar-refractivity contribution >= 4 is 5.91 Å². The van der Waals surface area contributed by atoms with E-state index in [1.54, 1.807) is 11.8 Å². The Morgan fingerprint density at radius 3 is 2.88 bits per heavy atom. The number of nitrogens with zero attached hydrogens (tertiary/aromatic N) is 4. The van der Waals surface area contributed by atoms with Crippen molar-refractivity contribution in [2.24, 2.45) is 0 Å². The third-order valence-electron chi connectivity index (χ3n) is 3.37. The van der Waals surface area contributed by atoms with Crippen molar-refractivity contribution in [2.75, 3.05) is 20.3 Å². The lowest BCUT2D eigenvalue weighted by Crippen LogP contribution is -2.27. The van der Waals surface area contributed by atoms with Gasteiger partial charge in [0.2, 0.25) is 5.82 Å². The number of rotatable bonds is 6. The van der Waals surface area contributed by atoms with E-state index in [1.165, 1.54) is 0 Å². The predicted molar refractivity (Wildman–Crippen MR) is 85.8 cm³/mol. The molecule has 8 nitrogen and oxygen atoms in total. The maximum atomic E-state index is 11.9. The standard InChI is InChI=1S/C16H17N5O3/c1-11-13(10-21(19-11)12-6-4-3-5-7-12)14-18-16(24-20-14)15(22)17-8-9-23-2/h3-7,10H,8-9H2,1-2H3,(H,17,22). The van der Waals surface area contributed by atoms with Crippen LogP contribution in [0.4, 0.5) is 0 Å². The van der Waals surface area contributed by atoms with Gasteiger partial charge in [-0.3, -0.25) is 4.79 Å². The van der Waals surface area contributed by atoms with E-state index >= 15 is 0 Å². The molecule has 0 aliphatic carbocycles. The van der Waals surface area contributed by atoms with Gasteiger partial charge in [-0.1, -0.05) is 23.4 Å². The van der Waals surface area contributed by atoms with Gasteiger partial charge < -0.3 is 14.6 Å². The van der Waals surface area contributed by atoms with E-state index in [0.29, 0.717) is 24.5 Å². The number of aromatic nitrogens is 4. The normalized spacial score (nSPS) is 10.8. The Morgan fingerprint density at radius 1 is 1.33 bits per heavy atom. The summed E-state index contributed by atoms with van der Waals surface area (Å²) in [6.45, 7) is 2.64. The topological polar surface area (TPSA) is 95.1 Å². The monoisotopic (exact) mass is 327 g/mol. The van der Waals surface area contributed by atoms with E-state index in [1.807, 2.05) is 43.5 Å². The summed E-state index contributed by atoms with van der Waals surface area (Å²) < 4.78 is 11.6. The first-order valence-corrected chi connectivity index (χ1v) is 7.42. The molecule has 2 aromatic heterocycles. The maximum absolute atomic E-state index is 11.9. The molecule has 0 bridgehead atoms. The number of amides is 1. The van der Waals surface area contributed by atoms with Crippen LogP contribution in [-0.4, -0.2) is 46.1 Å². The lowest BCUT2D eigenvalue weighted by atomic mass is 10.2. The zero-order valence-corrected chi connectivity index (χ0v) is 13.4. The van der Waals surface area contributed by atoms with Gasteiger partial charge in [-0.2, -0.15) is 10.1 Å². The molecule has 3 rings (SSSR count). The summed E-state index contributed by atoms with van der Waals surface area (Å²) in [6.07, 6.45) is 1.81. The van der Waals surface area contributed by atoms with Crippen molar-refractivity contribution in [3.63, 3.8) is 0 Å². The lowest BCUT2D eigenvalue weighted by Gasteiger charge is -1.99. The van der Waals surface area contributed by atoms with Crippen LogP contribution in [0.2, 0.25) is 0 Å². The minimum absolute atomic E-state index is 0.0898. The van der Waals surface area contributed by atoms with Crippen molar-refractivity contribution < 1.29 is 14.1 Å².